The van der Waals surface area contributed by atoms with Crippen molar-refractivity contribution in [2.75, 3.05) is 6.54 Å². The minimum absolute atomic E-state index is 0.260. The first-order valence-corrected chi connectivity index (χ1v) is 6.49. The summed E-state index contributed by atoms with van der Waals surface area (Å²) in [4.78, 5) is 4.41. The van der Waals surface area contributed by atoms with E-state index in [0.29, 0.717) is 11.6 Å². The van der Waals surface area contributed by atoms with E-state index < -0.39 is 0 Å². The molecule has 3 nitrogen and oxygen atoms in total. The summed E-state index contributed by atoms with van der Waals surface area (Å²) in [5.41, 5.74) is 17.2. The van der Waals surface area contributed by atoms with E-state index in [4.69, 9.17) is 23.1 Å². The van der Waals surface area contributed by atoms with Crippen LogP contribution in [-0.2, 0) is 0 Å². The molecule has 0 bridgehead atoms. The fourth-order valence-corrected chi connectivity index (χ4v) is 2.64. The molecule has 0 saturated carbocycles. The van der Waals surface area contributed by atoms with E-state index in [1.165, 1.54) is 0 Å². The van der Waals surface area contributed by atoms with Gasteiger partial charge in [0.25, 0.3) is 0 Å². The Morgan fingerprint density at radius 3 is 2.89 bits per heavy atom. The molecule has 0 amide bonds. The summed E-state index contributed by atoms with van der Waals surface area (Å²) in [7, 11) is 0. The third kappa shape index (κ3) is 2.06. The van der Waals surface area contributed by atoms with E-state index in [2.05, 4.69) is 4.98 Å². The Morgan fingerprint density at radius 1 is 1.26 bits per heavy atom. The zero-order valence-electron chi connectivity index (χ0n) is 10.3. The third-order valence-electron chi connectivity index (χ3n) is 3.41. The second kappa shape index (κ2) is 4.78. The summed E-state index contributed by atoms with van der Waals surface area (Å²) in [5.74, 6) is 0. The van der Waals surface area contributed by atoms with Crippen LogP contribution >= 0.6 is 11.6 Å². The SMILES string of the molecule is NCC1=Cc2cccnc2C(N)c2ccc(Cl)cc21. The van der Waals surface area contributed by atoms with Crippen LogP contribution in [-0.4, -0.2) is 11.5 Å². The van der Waals surface area contributed by atoms with E-state index in [1.54, 1.807) is 6.20 Å². The molecule has 0 fully saturated rings. The first-order chi connectivity index (χ1) is 9.20. The van der Waals surface area contributed by atoms with E-state index in [1.807, 2.05) is 36.4 Å². The topological polar surface area (TPSA) is 64.9 Å². The highest BCUT2D eigenvalue weighted by Crippen LogP contribution is 2.35. The van der Waals surface area contributed by atoms with Crippen LogP contribution in [0.3, 0.4) is 0 Å². The lowest BCUT2D eigenvalue weighted by atomic mass is 9.96. The molecule has 1 aromatic heterocycles. The maximum absolute atomic E-state index is 6.35. The number of rotatable bonds is 1. The molecule has 1 aliphatic rings. The molecule has 1 unspecified atom stereocenters. The molecule has 2 aromatic rings. The van der Waals surface area contributed by atoms with Crippen molar-refractivity contribution in [3.63, 3.8) is 0 Å². The molecule has 1 atom stereocenters. The Morgan fingerprint density at radius 2 is 2.11 bits per heavy atom. The molecule has 96 valence electrons. The normalized spacial score (nSPS) is 17.2. The standard InChI is InChI=1S/C15H14ClN3/c16-11-3-4-12-13(7-11)10(8-17)6-9-2-1-5-19-15(9)14(12)18/h1-7,14H,8,17-18H2. The van der Waals surface area contributed by atoms with Gasteiger partial charge in [0.2, 0.25) is 0 Å². The summed E-state index contributed by atoms with van der Waals surface area (Å²) in [5, 5.41) is 0.684. The van der Waals surface area contributed by atoms with Gasteiger partial charge in [-0.1, -0.05) is 23.7 Å². The van der Waals surface area contributed by atoms with Crippen LogP contribution in [0.2, 0.25) is 5.02 Å². The number of benzene rings is 1. The largest absolute Gasteiger partial charge is 0.326 e. The average molecular weight is 272 g/mol. The quantitative estimate of drug-likeness (QED) is 0.838. The van der Waals surface area contributed by atoms with Crippen molar-refractivity contribution in [3.05, 3.63) is 63.9 Å². The van der Waals surface area contributed by atoms with Gasteiger partial charge in [-0.3, -0.25) is 4.98 Å². The zero-order chi connectivity index (χ0) is 13.4. The maximum Gasteiger partial charge on any atom is 0.0738 e. The summed E-state index contributed by atoms with van der Waals surface area (Å²) < 4.78 is 0. The van der Waals surface area contributed by atoms with Gasteiger partial charge < -0.3 is 11.5 Å². The van der Waals surface area contributed by atoms with Crippen molar-refractivity contribution in [1.29, 1.82) is 0 Å². The average Bonchev–Trinajstić information content (AvgIpc) is 2.55. The molecule has 1 aromatic carbocycles. The van der Waals surface area contributed by atoms with Crippen LogP contribution < -0.4 is 11.5 Å². The summed E-state index contributed by atoms with van der Waals surface area (Å²) in [6.45, 7) is 0.439. The molecular weight excluding hydrogens is 258 g/mol. The molecule has 0 saturated heterocycles. The van der Waals surface area contributed by atoms with Crippen molar-refractivity contribution >= 4 is 23.3 Å². The number of fused-ring (bicyclic) bond motifs is 2. The van der Waals surface area contributed by atoms with Crippen LogP contribution in [0.1, 0.15) is 28.4 Å². The third-order valence-corrected chi connectivity index (χ3v) is 3.65. The fraction of sp³-hybridized carbons (Fsp3) is 0.133. The van der Waals surface area contributed by atoms with Crippen LogP contribution in [0, 0.1) is 0 Å². The number of hydrogen-bond acceptors (Lipinski definition) is 3. The van der Waals surface area contributed by atoms with Gasteiger partial charge >= 0.3 is 0 Å². The molecule has 1 heterocycles. The van der Waals surface area contributed by atoms with Crippen molar-refractivity contribution in [1.82, 2.24) is 4.98 Å². The number of halogens is 1. The van der Waals surface area contributed by atoms with E-state index in [9.17, 15) is 0 Å². The predicted octanol–water partition coefficient (Wildman–Crippen LogP) is 2.60. The molecule has 0 radical (unpaired) electrons. The van der Waals surface area contributed by atoms with Crippen molar-refractivity contribution in [2.24, 2.45) is 11.5 Å². The van der Waals surface area contributed by atoms with Crippen molar-refractivity contribution in [2.45, 2.75) is 6.04 Å². The molecular formula is C15H14ClN3. The highest BCUT2D eigenvalue weighted by molar-refractivity contribution is 6.30. The summed E-state index contributed by atoms with van der Waals surface area (Å²) >= 11 is 6.09. The van der Waals surface area contributed by atoms with Crippen LogP contribution in [0.4, 0.5) is 0 Å². The van der Waals surface area contributed by atoms with Gasteiger partial charge in [-0.15, -0.1) is 0 Å². The van der Waals surface area contributed by atoms with Crippen molar-refractivity contribution < 1.29 is 0 Å². The molecule has 4 heteroatoms. The molecule has 3 rings (SSSR count). The van der Waals surface area contributed by atoms with E-state index in [0.717, 1.165) is 28.0 Å². The second-order valence-corrected chi connectivity index (χ2v) is 5.00. The summed E-state index contributed by atoms with van der Waals surface area (Å²) in [6, 6.07) is 9.37. The Bertz CT molecular complexity index is 664. The van der Waals surface area contributed by atoms with Gasteiger partial charge in [-0.05, 0) is 46.5 Å². The lowest BCUT2D eigenvalue weighted by molar-refractivity contribution is 0.825. The minimum Gasteiger partial charge on any atom is -0.326 e. The lowest BCUT2D eigenvalue weighted by Crippen LogP contribution is -2.15. The molecule has 0 spiro atoms. The molecule has 4 N–H and O–H groups in total. The Hall–Kier alpha value is -1.68. The highest BCUT2D eigenvalue weighted by atomic mass is 35.5. The Kier molecular flexibility index (Phi) is 3.11. The molecule has 0 aliphatic heterocycles. The fourth-order valence-electron chi connectivity index (χ4n) is 2.47. The number of aromatic nitrogens is 1. The number of nitrogens with two attached hydrogens (primary N) is 2. The molecule has 1 aliphatic carbocycles. The zero-order valence-corrected chi connectivity index (χ0v) is 11.1. The van der Waals surface area contributed by atoms with Crippen molar-refractivity contribution in [3.8, 4) is 0 Å². The van der Waals surface area contributed by atoms with Gasteiger partial charge in [0, 0.05) is 17.8 Å². The lowest BCUT2D eigenvalue weighted by Gasteiger charge is -2.15. The minimum atomic E-state index is -0.260. The van der Waals surface area contributed by atoms with E-state index >= 15 is 0 Å². The van der Waals surface area contributed by atoms with Crippen LogP contribution in [0.25, 0.3) is 11.6 Å². The number of hydrogen-bond donors (Lipinski definition) is 2. The first kappa shape index (κ1) is 12.4. The second-order valence-electron chi connectivity index (χ2n) is 4.56. The Balaban J connectivity index is 2.31. The van der Waals surface area contributed by atoms with Gasteiger partial charge in [0.05, 0.1) is 11.7 Å². The van der Waals surface area contributed by atoms with E-state index in [-0.39, 0.29) is 6.04 Å². The smallest absolute Gasteiger partial charge is 0.0738 e. The maximum atomic E-state index is 6.35. The predicted molar refractivity (Wildman–Crippen MR) is 78.6 cm³/mol. The highest BCUT2D eigenvalue weighted by Gasteiger charge is 2.22. The van der Waals surface area contributed by atoms with Crippen LogP contribution in [0.5, 0.6) is 0 Å². The first-order valence-electron chi connectivity index (χ1n) is 6.11. The van der Waals surface area contributed by atoms with Gasteiger partial charge in [0.15, 0.2) is 0 Å². The number of pyridine rings is 1. The molecule has 19 heavy (non-hydrogen) atoms. The van der Waals surface area contributed by atoms with Gasteiger partial charge in [-0.2, -0.15) is 0 Å². The summed E-state index contributed by atoms with van der Waals surface area (Å²) in [6.07, 6.45) is 3.81. The van der Waals surface area contributed by atoms with Gasteiger partial charge in [-0.25, -0.2) is 0 Å². The monoisotopic (exact) mass is 271 g/mol. The van der Waals surface area contributed by atoms with Gasteiger partial charge in [0.1, 0.15) is 0 Å². The number of nitrogens with zero attached hydrogens (tertiary/aromatic N) is 1. The Labute approximate surface area is 116 Å². The van der Waals surface area contributed by atoms with Crippen LogP contribution in [0.15, 0.2) is 36.5 Å².